The van der Waals surface area contributed by atoms with Gasteiger partial charge < -0.3 is 10.6 Å². The summed E-state index contributed by atoms with van der Waals surface area (Å²) in [7, 11) is 0. The van der Waals surface area contributed by atoms with E-state index in [0.717, 1.165) is 11.3 Å². The smallest absolute Gasteiger partial charge is 0.262 e. The number of carbonyl (C=O) groups excluding carboxylic acids is 2. The molecule has 7 rings (SSSR count). The molecule has 3 aromatic rings. The molecule has 28 heavy (non-hydrogen) atoms. The van der Waals surface area contributed by atoms with Gasteiger partial charge in [-0.15, -0.1) is 0 Å². The van der Waals surface area contributed by atoms with Crippen molar-refractivity contribution in [2.75, 3.05) is 5.32 Å². The minimum Gasteiger partial charge on any atom is -0.340 e. The van der Waals surface area contributed by atoms with Crippen molar-refractivity contribution in [1.29, 1.82) is 0 Å². The summed E-state index contributed by atoms with van der Waals surface area (Å²) in [6, 6.07) is 13.8. The number of anilines is 1. The molecule has 2 N–H and O–H groups in total. The van der Waals surface area contributed by atoms with Crippen LogP contribution in [0.1, 0.15) is 30.8 Å². The van der Waals surface area contributed by atoms with E-state index in [4.69, 9.17) is 4.98 Å². The standard InChI is InChI=1S/C21H16N4O3/c1-20-18-22-13-8-4-2-6-11(13)17(27)25(18)15(16(26)24-20)10-21(20)12-7-3-5-9-14(12)23-19(21)28/h2-9,15H,10H2,1H3,(H,23,28)(H,24,26). The quantitative estimate of drug-likeness (QED) is 0.627. The number of piperidine rings is 1. The van der Waals surface area contributed by atoms with Crippen LogP contribution < -0.4 is 16.2 Å². The molecule has 0 aliphatic carbocycles. The first-order chi connectivity index (χ1) is 13.5. The summed E-state index contributed by atoms with van der Waals surface area (Å²) in [5.74, 6) is 0.00532. The van der Waals surface area contributed by atoms with Crippen LogP contribution in [-0.4, -0.2) is 21.4 Å². The van der Waals surface area contributed by atoms with Gasteiger partial charge >= 0.3 is 0 Å². The van der Waals surface area contributed by atoms with Crippen molar-refractivity contribution < 1.29 is 9.59 Å². The first-order valence-electron chi connectivity index (χ1n) is 9.22. The van der Waals surface area contributed by atoms with Crippen molar-refractivity contribution in [3.63, 3.8) is 0 Å². The Hall–Kier alpha value is -3.48. The largest absolute Gasteiger partial charge is 0.340 e. The molecule has 0 radical (unpaired) electrons. The normalized spacial score (nSPS) is 29.5. The molecule has 1 saturated heterocycles. The monoisotopic (exact) mass is 372 g/mol. The first kappa shape index (κ1) is 15.6. The third-order valence-corrected chi connectivity index (χ3v) is 6.62. The minimum atomic E-state index is -1.14. The van der Waals surface area contributed by atoms with Crippen LogP contribution in [0.2, 0.25) is 0 Å². The van der Waals surface area contributed by atoms with Crippen molar-refractivity contribution >= 4 is 28.4 Å². The number of nitrogens with zero attached hydrogens (tertiary/aromatic N) is 2. The molecule has 3 atom stereocenters. The summed E-state index contributed by atoms with van der Waals surface area (Å²) in [4.78, 5) is 44.1. The van der Waals surface area contributed by atoms with Crippen LogP contribution in [0, 0.1) is 0 Å². The maximum absolute atomic E-state index is 13.3. The molecule has 1 aromatic heterocycles. The topological polar surface area (TPSA) is 93.1 Å². The highest BCUT2D eigenvalue weighted by Crippen LogP contribution is 2.58. The van der Waals surface area contributed by atoms with E-state index in [-0.39, 0.29) is 23.8 Å². The van der Waals surface area contributed by atoms with Crippen molar-refractivity contribution in [3.05, 3.63) is 70.3 Å². The second-order valence-electron chi connectivity index (χ2n) is 7.87. The number of aromatic nitrogens is 2. The number of para-hydroxylation sites is 2. The third kappa shape index (κ3) is 1.50. The van der Waals surface area contributed by atoms with Gasteiger partial charge in [-0.05, 0) is 37.1 Å². The molecule has 0 saturated carbocycles. The van der Waals surface area contributed by atoms with Gasteiger partial charge in [-0.3, -0.25) is 19.0 Å². The summed E-state index contributed by atoms with van der Waals surface area (Å²) in [6.45, 7) is 1.80. The predicted octanol–water partition coefficient (Wildman–Crippen LogP) is 1.58. The third-order valence-electron chi connectivity index (χ3n) is 6.62. The molecule has 5 heterocycles. The van der Waals surface area contributed by atoms with Gasteiger partial charge in [-0.2, -0.15) is 0 Å². The molecule has 1 fully saturated rings. The van der Waals surface area contributed by atoms with Gasteiger partial charge in [0, 0.05) is 5.69 Å². The Morgan fingerprint density at radius 1 is 1.07 bits per heavy atom. The minimum absolute atomic E-state index is 0.171. The molecule has 2 amide bonds. The predicted molar refractivity (Wildman–Crippen MR) is 102 cm³/mol. The summed E-state index contributed by atoms with van der Waals surface area (Å²) in [5.41, 5.74) is -0.258. The van der Waals surface area contributed by atoms with Crippen LogP contribution in [0.5, 0.6) is 0 Å². The SMILES string of the molecule is CC12NC(=O)C(CC13C(=O)Nc1ccccc13)n1c2nc2ccccc2c1=O. The lowest BCUT2D eigenvalue weighted by atomic mass is 9.58. The number of benzene rings is 2. The lowest BCUT2D eigenvalue weighted by molar-refractivity contribution is -0.142. The lowest BCUT2D eigenvalue weighted by Crippen LogP contribution is -2.72. The summed E-state index contributed by atoms with van der Waals surface area (Å²) >= 11 is 0. The molecule has 2 bridgehead atoms. The van der Waals surface area contributed by atoms with E-state index in [1.165, 1.54) is 4.57 Å². The highest BCUT2D eigenvalue weighted by molar-refractivity contribution is 6.09. The number of amides is 2. The molecular formula is C21H16N4O3. The number of carbonyl (C=O) groups is 2. The second kappa shape index (κ2) is 4.67. The summed E-state index contributed by atoms with van der Waals surface area (Å²) in [5, 5.41) is 6.46. The fourth-order valence-electron chi connectivity index (χ4n) is 5.28. The zero-order chi connectivity index (χ0) is 19.3. The van der Waals surface area contributed by atoms with Crippen LogP contribution in [0.4, 0.5) is 5.69 Å². The van der Waals surface area contributed by atoms with Gasteiger partial charge in [0.05, 0.1) is 10.9 Å². The molecule has 7 nitrogen and oxygen atoms in total. The van der Waals surface area contributed by atoms with Gasteiger partial charge in [-0.25, -0.2) is 4.98 Å². The Balaban J connectivity index is 1.75. The van der Waals surface area contributed by atoms with Gasteiger partial charge in [0.1, 0.15) is 22.8 Å². The zero-order valence-corrected chi connectivity index (χ0v) is 15.0. The summed E-state index contributed by atoms with van der Waals surface area (Å²) < 4.78 is 1.49. The number of nitrogens with one attached hydrogen (secondary N) is 2. The van der Waals surface area contributed by atoms with Crippen LogP contribution in [-0.2, 0) is 20.5 Å². The van der Waals surface area contributed by atoms with Crippen LogP contribution in [0.25, 0.3) is 10.9 Å². The van der Waals surface area contributed by atoms with Crippen molar-refractivity contribution in [2.45, 2.75) is 30.3 Å². The van der Waals surface area contributed by atoms with Gasteiger partial charge in [0.15, 0.2) is 0 Å². The fraction of sp³-hybridized carbons (Fsp3) is 0.238. The fourth-order valence-corrected chi connectivity index (χ4v) is 5.28. The van der Waals surface area contributed by atoms with E-state index in [2.05, 4.69) is 10.6 Å². The van der Waals surface area contributed by atoms with Gasteiger partial charge in [0.25, 0.3) is 5.56 Å². The maximum atomic E-state index is 13.3. The van der Waals surface area contributed by atoms with E-state index in [1.54, 1.807) is 25.1 Å². The Morgan fingerprint density at radius 3 is 2.68 bits per heavy atom. The number of hydrogen-bond acceptors (Lipinski definition) is 4. The second-order valence-corrected chi connectivity index (χ2v) is 7.87. The Bertz CT molecular complexity index is 1300. The Morgan fingerprint density at radius 2 is 1.82 bits per heavy atom. The van der Waals surface area contributed by atoms with E-state index in [1.807, 2.05) is 30.3 Å². The van der Waals surface area contributed by atoms with E-state index in [0.29, 0.717) is 16.7 Å². The van der Waals surface area contributed by atoms with E-state index < -0.39 is 17.0 Å². The number of fused-ring (bicyclic) bond motifs is 3. The van der Waals surface area contributed by atoms with Crippen LogP contribution in [0.3, 0.4) is 0 Å². The van der Waals surface area contributed by atoms with Crippen molar-refractivity contribution in [3.8, 4) is 0 Å². The summed E-state index contributed by atoms with van der Waals surface area (Å²) in [6.07, 6.45) is 0.227. The van der Waals surface area contributed by atoms with Crippen molar-refractivity contribution in [2.24, 2.45) is 0 Å². The number of rotatable bonds is 0. The van der Waals surface area contributed by atoms with E-state index >= 15 is 0 Å². The Labute approximate surface area is 159 Å². The lowest BCUT2D eigenvalue weighted by Gasteiger charge is -2.55. The van der Waals surface area contributed by atoms with E-state index in [9.17, 15) is 14.4 Å². The molecule has 138 valence electrons. The van der Waals surface area contributed by atoms with Crippen LogP contribution in [0.15, 0.2) is 53.3 Å². The zero-order valence-electron chi connectivity index (χ0n) is 15.0. The average Bonchev–Trinajstić information content (AvgIpc) is 2.97. The van der Waals surface area contributed by atoms with Gasteiger partial charge in [0.2, 0.25) is 11.8 Å². The first-order valence-corrected chi connectivity index (χ1v) is 9.22. The van der Waals surface area contributed by atoms with Crippen molar-refractivity contribution in [1.82, 2.24) is 14.9 Å². The molecule has 3 unspecified atom stereocenters. The number of hydrogen-bond donors (Lipinski definition) is 2. The maximum Gasteiger partial charge on any atom is 0.262 e. The van der Waals surface area contributed by atoms with Crippen LogP contribution >= 0.6 is 0 Å². The molecule has 2 aromatic carbocycles. The highest BCUT2D eigenvalue weighted by Gasteiger charge is 2.69. The average molecular weight is 372 g/mol. The Kier molecular flexibility index (Phi) is 2.60. The molecule has 1 spiro atoms. The van der Waals surface area contributed by atoms with Gasteiger partial charge in [-0.1, -0.05) is 30.3 Å². The highest BCUT2D eigenvalue weighted by atomic mass is 16.2. The molecule has 4 aliphatic heterocycles. The molecular weight excluding hydrogens is 356 g/mol. The molecule has 4 aliphatic rings. The molecule has 7 heteroatoms.